The van der Waals surface area contributed by atoms with Crippen molar-refractivity contribution in [1.29, 1.82) is 0 Å². The van der Waals surface area contributed by atoms with Crippen LogP contribution in [-0.2, 0) is 0 Å². The molecule has 1 aliphatic rings. The minimum Gasteiger partial charge on any atom is -0.369 e. The van der Waals surface area contributed by atoms with Gasteiger partial charge in [0.25, 0.3) is 0 Å². The van der Waals surface area contributed by atoms with Crippen LogP contribution >= 0.6 is 15.9 Å². The van der Waals surface area contributed by atoms with E-state index in [1.54, 1.807) is 6.07 Å². The van der Waals surface area contributed by atoms with Crippen molar-refractivity contribution in [2.24, 2.45) is 10.7 Å². The minimum absolute atomic E-state index is 0.00627. The smallest absolute Gasteiger partial charge is 0.196 e. The average molecular weight is 348 g/mol. The van der Waals surface area contributed by atoms with Gasteiger partial charge in [-0.2, -0.15) is 0 Å². The highest BCUT2D eigenvalue weighted by molar-refractivity contribution is 9.10. The zero-order valence-corrected chi connectivity index (χ0v) is 13.1. The fourth-order valence-electron chi connectivity index (χ4n) is 2.66. The molecule has 0 radical (unpaired) electrons. The summed E-state index contributed by atoms with van der Waals surface area (Å²) in [5, 5.41) is 0. The van der Waals surface area contributed by atoms with Crippen LogP contribution in [0.4, 0.5) is 10.1 Å². The van der Waals surface area contributed by atoms with Crippen LogP contribution in [0.1, 0.15) is 17.2 Å². The molecule has 1 heterocycles. The molecule has 0 spiro atoms. The first-order valence-electron chi connectivity index (χ1n) is 6.67. The number of halogens is 2. The second kappa shape index (κ2) is 5.48. The third-order valence-electron chi connectivity index (χ3n) is 3.68. The lowest BCUT2D eigenvalue weighted by molar-refractivity contribution is 0.623. The van der Waals surface area contributed by atoms with Crippen molar-refractivity contribution in [3.63, 3.8) is 0 Å². The number of hydrogen-bond acceptors (Lipinski definition) is 3. The quantitative estimate of drug-likeness (QED) is 0.898. The summed E-state index contributed by atoms with van der Waals surface area (Å²) in [4.78, 5) is 6.35. The second-order valence-corrected chi connectivity index (χ2v) is 5.98. The van der Waals surface area contributed by atoms with Crippen LogP contribution in [0.5, 0.6) is 0 Å². The molecule has 1 atom stereocenters. The van der Waals surface area contributed by atoms with E-state index in [2.05, 4.69) is 20.9 Å². The summed E-state index contributed by atoms with van der Waals surface area (Å²) in [7, 11) is 0. The van der Waals surface area contributed by atoms with E-state index in [4.69, 9.17) is 5.73 Å². The maximum absolute atomic E-state index is 13.3. The molecule has 108 valence electrons. The highest BCUT2D eigenvalue weighted by atomic mass is 79.9. The molecule has 1 aliphatic heterocycles. The number of aliphatic imine (C=N–C) groups is 1. The molecule has 1 unspecified atom stereocenters. The molecule has 0 saturated heterocycles. The maximum atomic E-state index is 13.3. The Morgan fingerprint density at radius 2 is 1.95 bits per heavy atom. The summed E-state index contributed by atoms with van der Waals surface area (Å²) < 4.78 is 14.3. The standard InChI is InChI=1S/C16H15BrFN3/c1-10-8-12(18)4-7-14(10)15-9-20-16(19)21(15)13-5-2-11(17)3-6-13/h2-8,15H,9H2,1H3,(H2,19,20). The normalized spacial score (nSPS) is 18.0. The SMILES string of the molecule is Cc1cc(F)ccc1C1CN=C(N)N1c1ccc(Br)cc1. The highest BCUT2D eigenvalue weighted by Gasteiger charge is 2.29. The van der Waals surface area contributed by atoms with Gasteiger partial charge >= 0.3 is 0 Å². The summed E-state index contributed by atoms with van der Waals surface area (Å²) in [6, 6.07) is 12.8. The molecule has 21 heavy (non-hydrogen) atoms. The predicted octanol–water partition coefficient (Wildman–Crippen LogP) is 3.77. The highest BCUT2D eigenvalue weighted by Crippen LogP contribution is 2.33. The topological polar surface area (TPSA) is 41.6 Å². The fraction of sp³-hybridized carbons (Fsp3) is 0.188. The van der Waals surface area contributed by atoms with Gasteiger partial charge < -0.3 is 10.6 Å². The van der Waals surface area contributed by atoms with Crippen molar-refractivity contribution < 1.29 is 4.39 Å². The molecule has 0 fully saturated rings. The average Bonchev–Trinajstić information content (AvgIpc) is 2.82. The Balaban J connectivity index is 2.00. The van der Waals surface area contributed by atoms with Crippen molar-refractivity contribution >= 4 is 27.6 Å². The Morgan fingerprint density at radius 1 is 1.24 bits per heavy atom. The molecular weight excluding hydrogens is 333 g/mol. The van der Waals surface area contributed by atoms with Crippen LogP contribution in [0, 0.1) is 12.7 Å². The summed E-state index contributed by atoms with van der Waals surface area (Å²) in [5.41, 5.74) is 8.98. The van der Waals surface area contributed by atoms with Crippen LogP contribution in [0.25, 0.3) is 0 Å². The lowest BCUT2D eigenvalue weighted by Crippen LogP contribution is -2.36. The van der Waals surface area contributed by atoms with Gasteiger partial charge in [-0.25, -0.2) is 4.39 Å². The number of aryl methyl sites for hydroxylation is 1. The molecule has 5 heteroatoms. The van der Waals surface area contributed by atoms with Gasteiger partial charge in [0, 0.05) is 10.2 Å². The summed E-state index contributed by atoms with van der Waals surface area (Å²) in [5.74, 6) is 0.268. The molecule has 3 nitrogen and oxygen atoms in total. The van der Waals surface area contributed by atoms with Gasteiger partial charge in [0.1, 0.15) is 5.82 Å². The molecule has 0 saturated carbocycles. The van der Waals surface area contributed by atoms with Crippen molar-refractivity contribution in [1.82, 2.24) is 0 Å². The molecule has 0 amide bonds. The van der Waals surface area contributed by atoms with E-state index >= 15 is 0 Å². The molecule has 2 aromatic carbocycles. The Kier molecular flexibility index (Phi) is 3.68. The lowest BCUT2D eigenvalue weighted by atomic mass is 10.00. The number of nitrogens with two attached hydrogens (primary N) is 1. The molecule has 0 bridgehead atoms. The zero-order chi connectivity index (χ0) is 15.0. The van der Waals surface area contributed by atoms with Crippen molar-refractivity contribution in [2.45, 2.75) is 13.0 Å². The number of hydrogen-bond donors (Lipinski definition) is 1. The number of benzene rings is 2. The van der Waals surface area contributed by atoms with Crippen LogP contribution in [0.15, 0.2) is 51.9 Å². The van der Waals surface area contributed by atoms with Gasteiger partial charge in [0.2, 0.25) is 0 Å². The molecule has 2 aromatic rings. The van der Waals surface area contributed by atoms with Gasteiger partial charge in [-0.15, -0.1) is 0 Å². The Hall–Kier alpha value is -1.88. The fourth-order valence-corrected chi connectivity index (χ4v) is 2.93. The number of nitrogens with zero attached hydrogens (tertiary/aromatic N) is 2. The van der Waals surface area contributed by atoms with E-state index in [1.165, 1.54) is 6.07 Å². The van der Waals surface area contributed by atoms with E-state index in [0.29, 0.717) is 12.5 Å². The Morgan fingerprint density at radius 3 is 2.62 bits per heavy atom. The predicted molar refractivity (Wildman–Crippen MR) is 87.0 cm³/mol. The number of anilines is 1. The minimum atomic E-state index is -0.224. The number of rotatable bonds is 2. The first-order valence-corrected chi connectivity index (χ1v) is 7.46. The van der Waals surface area contributed by atoms with Gasteiger partial charge in [0.05, 0.1) is 12.6 Å². The van der Waals surface area contributed by atoms with Gasteiger partial charge in [-0.1, -0.05) is 22.0 Å². The van der Waals surface area contributed by atoms with Crippen molar-refractivity contribution in [3.05, 3.63) is 63.9 Å². The lowest BCUT2D eigenvalue weighted by Gasteiger charge is -2.27. The van der Waals surface area contributed by atoms with Crippen LogP contribution < -0.4 is 10.6 Å². The van der Waals surface area contributed by atoms with Crippen molar-refractivity contribution in [2.75, 3.05) is 11.4 Å². The third-order valence-corrected chi connectivity index (χ3v) is 4.21. The van der Waals surface area contributed by atoms with E-state index in [9.17, 15) is 4.39 Å². The monoisotopic (exact) mass is 347 g/mol. The third kappa shape index (κ3) is 2.65. The van der Waals surface area contributed by atoms with E-state index < -0.39 is 0 Å². The van der Waals surface area contributed by atoms with Gasteiger partial charge in [-0.3, -0.25) is 4.99 Å². The van der Waals surface area contributed by atoms with Gasteiger partial charge in [-0.05, 0) is 54.4 Å². The molecular formula is C16H15BrFN3. The largest absolute Gasteiger partial charge is 0.369 e. The Bertz CT molecular complexity index is 697. The van der Waals surface area contributed by atoms with Crippen molar-refractivity contribution in [3.8, 4) is 0 Å². The molecule has 3 rings (SSSR count). The summed E-state index contributed by atoms with van der Waals surface area (Å²) in [6.07, 6.45) is 0. The molecule has 0 aromatic heterocycles. The first-order chi connectivity index (χ1) is 10.1. The van der Waals surface area contributed by atoms with Crippen LogP contribution in [-0.4, -0.2) is 12.5 Å². The van der Waals surface area contributed by atoms with Crippen LogP contribution in [0.3, 0.4) is 0 Å². The van der Waals surface area contributed by atoms with Crippen LogP contribution in [0.2, 0.25) is 0 Å². The maximum Gasteiger partial charge on any atom is 0.196 e. The summed E-state index contributed by atoms with van der Waals surface area (Å²) in [6.45, 7) is 2.49. The number of guanidine groups is 1. The first kappa shape index (κ1) is 14.1. The molecule has 0 aliphatic carbocycles. The van der Waals surface area contributed by atoms with E-state index in [-0.39, 0.29) is 11.9 Å². The second-order valence-electron chi connectivity index (χ2n) is 5.06. The van der Waals surface area contributed by atoms with E-state index in [0.717, 1.165) is 21.3 Å². The Labute approximate surface area is 131 Å². The zero-order valence-electron chi connectivity index (χ0n) is 11.6. The summed E-state index contributed by atoms with van der Waals surface area (Å²) >= 11 is 3.43. The molecule has 2 N–H and O–H groups in total. The van der Waals surface area contributed by atoms with E-state index in [1.807, 2.05) is 42.2 Å². The van der Waals surface area contributed by atoms with Gasteiger partial charge in [0.15, 0.2) is 5.96 Å².